The van der Waals surface area contributed by atoms with Crippen LogP contribution in [0.1, 0.15) is 29.8 Å². The monoisotopic (exact) mass is 327 g/mol. The van der Waals surface area contributed by atoms with Gasteiger partial charge in [-0.05, 0) is 37.3 Å². The summed E-state index contributed by atoms with van der Waals surface area (Å²) in [6.45, 7) is 2.56. The van der Waals surface area contributed by atoms with Crippen LogP contribution >= 0.6 is 11.6 Å². The number of pyridine rings is 1. The second-order valence-corrected chi connectivity index (χ2v) is 6.61. The highest BCUT2D eigenvalue weighted by atomic mass is 35.5. The molecule has 2 aromatic heterocycles. The van der Waals surface area contributed by atoms with E-state index < -0.39 is 0 Å². The summed E-state index contributed by atoms with van der Waals surface area (Å²) in [5, 5.41) is 9.03. The molecule has 0 saturated heterocycles. The highest BCUT2D eigenvalue weighted by molar-refractivity contribution is 6.34. The summed E-state index contributed by atoms with van der Waals surface area (Å²) in [4.78, 5) is 0. The fourth-order valence-electron chi connectivity index (χ4n) is 2.75. The maximum absolute atomic E-state index is 6.46. The summed E-state index contributed by atoms with van der Waals surface area (Å²) < 4.78 is 7.85. The minimum absolute atomic E-state index is 0.487. The smallest absolute Gasteiger partial charge is 0.183 e. The van der Waals surface area contributed by atoms with E-state index in [1.54, 1.807) is 0 Å². The third kappa shape index (κ3) is 3.04. The average Bonchev–Trinajstić information content (AvgIpc) is 3.26. The summed E-state index contributed by atoms with van der Waals surface area (Å²) in [6.07, 6.45) is 5.51. The van der Waals surface area contributed by atoms with Gasteiger partial charge < -0.3 is 4.74 Å². The summed E-state index contributed by atoms with van der Waals surface area (Å²) in [5.41, 5.74) is 3.01. The highest BCUT2D eigenvalue weighted by Gasteiger charge is 2.24. The Balaban J connectivity index is 1.56. The maximum atomic E-state index is 6.46. The van der Waals surface area contributed by atoms with E-state index in [4.69, 9.17) is 16.3 Å². The molecule has 0 aliphatic heterocycles. The Morgan fingerprint density at radius 2 is 2.13 bits per heavy atom. The van der Waals surface area contributed by atoms with Crippen LogP contribution in [0.15, 0.2) is 36.5 Å². The molecule has 4 nitrogen and oxygen atoms in total. The SMILES string of the molecule is Cc1cccc(COc2ccn3c(CC4CC4)nnc3c2Cl)c1. The van der Waals surface area contributed by atoms with Gasteiger partial charge in [0.15, 0.2) is 5.65 Å². The van der Waals surface area contributed by atoms with Crippen molar-refractivity contribution in [3.63, 3.8) is 0 Å². The van der Waals surface area contributed by atoms with Crippen LogP contribution in [0, 0.1) is 12.8 Å². The number of hydrogen-bond acceptors (Lipinski definition) is 3. The number of rotatable bonds is 5. The zero-order valence-electron chi connectivity index (χ0n) is 13.0. The van der Waals surface area contributed by atoms with Crippen molar-refractivity contribution in [2.75, 3.05) is 0 Å². The van der Waals surface area contributed by atoms with Crippen LogP contribution in [0.3, 0.4) is 0 Å². The van der Waals surface area contributed by atoms with E-state index in [0.717, 1.165) is 23.7 Å². The molecule has 118 valence electrons. The Hall–Kier alpha value is -2.07. The van der Waals surface area contributed by atoms with Crippen molar-refractivity contribution in [1.82, 2.24) is 14.6 Å². The topological polar surface area (TPSA) is 39.4 Å². The minimum Gasteiger partial charge on any atom is -0.487 e. The van der Waals surface area contributed by atoms with Gasteiger partial charge in [-0.3, -0.25) is 4.40 Å². The van der Waals surface area contributed by atoms with E-state index in [9.17, 15) is 0 Å². The van der Waals surface area contributed by atoms with Gasteiger partial charge in [-0.25, -0.2) is 0 Å². The van der Waals surface area contributed by atoms with Crippen LogP contribution in [-0.4, -0.2) is 14.6 Å². The average molecular weight is 328 g/mol. The molecule has 0 N–H and O–H groups in total. The lowest BCUT2D eigenvalue weighted by Crippen LogP contribution is -1.99. The van der Waals surface area contributed by atoms with E-state index in [1.807, 2.05) is 28.8 Å². The van der Waals surface area contributed by atoms with Crippen molar-refractivity contribution in [2.24, 2.45) is 5.92 Å². The van der Waals surface area contributed by atoms with Gasteiger partial charge >= 0.3 is 0 Å². The molecular formula is C18H18ClN3O. The molecule has 0 atom stereocenters. The highest BCUT2D eigenvalue weighted by Crippen LogP contribution is 2.34. The van der Waals surface area contributed by atoms with Crippen molar-refractivity contribution in [3.8, 4) is 5.75 Å². The van der Waals surface area contributed by atoms with Gasteiger partial charge in [-0.15, -0.1) is 10.2 Å². The molecule has 1 fully saturated rings. The summed E-state index contributed by atoms with van der Waals surface area (Å²) in [6, 6.07) is 10.1. The van der Waals surface area contributed by atoms with E-state index in [0.29, 0.717) is 23.0 Å². The first-order chi connectivity index (χ1) is 11.2. The van der Waals surface area contributed by atoms with Gasteiger partial charge in [0, 0.05) is 12.6 Å². The Morgan fingerprint density at radius 1 is 1.26 bits per heavy atom. The van der Waals surface area contributed by atoms with Gasteiger partial charge in [0.05, 0.1) is 0 Å². The molecule has 4 rings (SSSR count). The van der Waals surface area contributed by atoms with E-state index >= 15 is 0 Å². The lowest BCUT2D eigenvalue weighted by atomic mass is 10.1. The fourth-order valence-corrected chi connectivity index (χ4v) is 3.00. The third-order valence-corrected chi connectivity index (χ3v) is 4.55. The van der Waals surface area contributed by atoms with Crippen molar-refractivity contribution in [2.45, 2.75) is 32.8 Å². The predicted molar refractivity (Wildman–Crippen MR) is 89.9 cm³/mol. The quantitative estimate of drug-likeness (QED) is 0.704. The summed E-state index contributed by atoms with van der Waals surface area (Å²) >= 11 is 6.46. The van der Waals surface area contributed by atoms with Gasteiger partial charge in [0.2, 0.25) is 0 Å². The zero-order valence-corrected chi connectivity index (χ0v) is 13.8. The van der Waals surface area contributed by atoms with Crippen LogP contribution < -0.4 is 4.74 Å². The lowest BCUT2D eigenvalue weighted by Gasteiger charge is -2.09. The number of hydrogen-bond donors (Lipinski definition) is 0. The van der Waals surface area contributed by atoms with Crippen LogP contribution in [0.5, 0.6) is 5.75 Å². The van der Waals surface area contributed by atoms with Crippen molar-refractivity contribution < 1.29 is 4.74 Å². The van der Waals surface area contributed by atoms with E-state index in [-0.39, 0.29) is 0 Å². The Kier molecular flexibility index (Phi) is 3.69. The molecular weight excluding hydrogens is 310 g/mol. The van der Waals surface area contributed by atoms with Gasteiger partial charge in [-0.2, -0.15) is 0 Å². The second kappa shape index (κ2) is 5.85. The van der Waals surface area contributed by atoms with Gasteiger partial charge in [0.25, 0.3) is 0 Å². The molecule has 1 aromatic carbocycles. The third-order valence-electron chi connectivity index (χ3n) is 4.20. The molecule has 0 spiro atoms. The number of ether oxygens (including phenoxy) is 1. The number of aryl methyl sites for hydroxylation is 1. The minimum atomic E-state index is 0.487. The number of benzene rings is 1. The molecule has 1 aliphatic carbocycles. The zero-order chi connectivity index (χ0) is 15.8. The van der Waals surface area contributed by atoms with E-state index in [2.05, 4.69) is 29.3 Å². The van der Waals surface area contributed by atoms with Crippen molar-refractivity contribution in [1.29, 1.82) is 0 Å². The first kappa shape index (κ1) is 14.5. The van der Waals surface area contributed by atoms with Crippen molar-refractivity contribution >= 4 is 17.2 Å². The standard InChI is InChI=1S/C18H18ClN3O/c1-12-3-2-4-14(9-12)11-23-15-7-8-22-16(10-13-5-6-13)20-21-18(22)17(15)19/h2-4,7-9,13H,5-6,10-11H2,1H3. The first-order valence-electron chi connectivity index (χ1n) is 7.91. The second-order valence-electron chi connectivity index (χ2n) is 6.23. The molecule has 0 radical (unpaired) electrons. The largest absolute Gasteiger partial charge is 0.487 e. The molecule has 0 unspecified atom stereocenters. The predicted octanol–water partition coefficient (Wildman–Crippen LogP) is 4.22. The van der Waals surface area contributed by atoms with Gasteiger partial charge in [-0.1, -0.05) is 41.4 Å². The fraction of sp³-hybridized carbons (Fsp3) is 0.333. The van der Waals surface area contributed by atoms with Crippen molar-refractivity contribution in [3.05, 3.63) is 58.5 Å². The Morgan fingerprint density at radius 3 is 2.91 bits per heavy atom. The summed E-state index contributed by atoms with van der Waals surface area (Å²) in [5.74, 6) is 2.39. The van der Waals surface area contributed by atoms with Crippen LogP contribution in [0.25, 0.3) is 5.65 Å². The molecule has 3 aromatic rings. The normalized spacial score (nSPS) is 14.3. The van der Waals surface area contributed by atoms with Crippen LogP contribution in [-0.2, 0) is 13.0 Å². The first-order valence-corrected chi connectivity index (χ1v) is 8.29. The molecule has 1 saturated carbocycles. The molecule has 1 aliphatic rings. The number of aromatic nitrogens is 3. The molecule has 5 heteroatoms. The number of fused-ring (bicyclic) bond motifs is 1. The number of nitrogens with zero attached hydrogens (tertiary/aromatic N) is 3. The Labute approximate surface area is 140 Å². The van der Waals surface area contributed by atoms with Crippen LogP contribution in [0.4, 0.5) is 0 Å². The molecule has 0 amide bonds. The van der Waals surface area contributed by atoms with Crippen LogP contribution in [0.2, 0.25) is 5.02 Å². The Bertz CT molecular complexity index is 855. The summed E-state index contributed by atoms with van der Waals surface area (Å²) in [7, 11) is 0. The van der Waals surface area contributed by atoms with E-state index in [1.165, 1.54) is 18.4 Å². The number of halogens is 1. The van der Waals surface area contributed by atoms with Gasteiger partial charge in [0.1, 0.15) is 23.2 Å². The maximum Gasteiger partial charge on any atom is 0.183 e. The molecule has 2 heterocycles. The molecule has 23 heavy (non-hydrogen) atoms. The molecule has 0 bridgehead atoms. The lowest BCUT2D eigenvalue weighted by molar-refractivity contribution is 0.306.